The highest BCUT2D eigenvalue weighted by atomic mass is 19.3. The van der Waals surface area contributed by atoms with E-state index in [0.29, 0.717) is 16.8 Å². The van der Waals surface area contributed by atoms with Gasteiger partial charge in [0.2, 0.25) is 5.91 Å². The molecule has 0 radical (unpaired) electrons. The van der Waals surface area contributed by atoms with Gasteiger partial charge in [-0.1, -0.05) is 6.07 Å². The Balaban J connectivity index is 2.21. The summed E-state index contributed by atoms with van der Waals surface area (Å²) in [7, 11) is 0. The highest BCUT2D eigenvalue weighted by Crippen LogP contribution is 2.24. The fourth-order valence-corrected chi connectivity index (χ4v) is 2.81. The molecule has 0 bridgehead atoms. The number of carbonyl (C=O) groups excluding carboxylic acids is 2. The van der Waals surface area contributed by atoms with Crippen LogP contribution in [0.15, 0.2) is 30.3 Å². The molecule has 4 N–H and O–H groups in total. The number of halogens is 2. The van der Waals surface area contributed by atoms with Gasteiger partial charge in [-0.15, -0.1) is 0 Å². The average molecular weight is 406 g/mol. The molecule has 1 heterocycles. The number of carbonyl (C=O) groups is 2. The Labute approximate surface area is 167 Å². The molecule has 1 unspecified atom stereocenters. The zero-order valence-electron chi connectivity index (χ0n) is 16.5. The Bertz CT molecular complexity index is 890. The summed E-state index contributed by atoms with van der Waals surface area (Å²) in [6.07, 6.45) is -2.59. The minimum Gasteiger partial charge on any atom is -0.488 e. The Morgan fingerprint density at radius 2 is 1.97 bits per heavy atom. The van der Waals surface area contributed by atoms with Crippen molar-refractivity contribution in [2.24, 2.45) is 5.73 Å². The first-order chi connectivity index (χ1) is 13.7. The van der Waals surface area contributed by atoms with Crippen LogP contribution in [0.1, 0.15) is 47.1 Å². The lowest BCUT2D eigenvalue weighted by atomic mass is 10.0. The number of ether oxygens (including phenoxy) is 1. The Morgan fingerprint density at radius 3 is 2.59 bits per heavy atom. The molecular formula is C20H24F2N4O3. The van der Waals surface area contributed by atoms with Gasteiger partial charge in [0.1, 0.15) is 18.2 Å². The summed E-state index contributed by atoms with van der Waals surface area (Å²) in [5.41, 5.74) is 8.09. The monoisotopic (exact) mass is 406 g/mol. The molecule has 156 valence electrons. The third-order valence-corrected chi connectivity index (χ3v) is 4.05. The lowest BCUT2D eigenvalue weighted by Gasteiger charge is -2.19. The zero-order valence-corrected chi connectivity index (χ0v) is 16.5. The number of nitrogens with one attached hydrogen (secondary N) is 2. The summed E-state index contributed by atoms with van der Waals surface area (Å²) >= 11 is 0. The van der Waals surface area contributed by atoms with Crippen LogP contribution in [-0.2, 0) is 11.3 Å². The number of alkyl halides is 2. The maximum Gasteiger partial charge on any atom is 0.272 e. The predicted octanol–water partition coefficient (Wildman–Crippen LogP) is 2.94. The normalized spacial score (nSPS) is 11.8. The number of amides is 2. The molecule has 1 aromatic heterocycles. The van der Waals surface area contributed by atoms with Gasteiger partial charge in [-0.05, 0) is 49.2 Å². The van der Waals surface area contributed by atoms with Crippen molar-refractivity contribution in [3.63, 3.8) is 0 Å². The van der Waals surface area contributed by atoms with E-state index in [1.807, 2.05) is 0 Å². The molecule has 2 aromatic rings. The molecule has 0 saturated carbocycles. The van der Waals surface area contributed by atoms with Gasteiger partial charge in [0.25, 0.3) is 12.3 Å². The molecule has 0 aliphatic heterocycles. The number of rotatable bonds is 8. The summed E-state index contributed by atoms with van der Waals surface area (Å²) in [6, 6.07) is 7.45. The highest BCUT2D eigenvalue weighted by molar-refractivity contribution is 5.96. The highest BCUT2D eigenvalue weighted by Gasteiger charge is 2.17. The summed E-state index contributed by atoms with van der Waals surface area (Å²) in [5, 5.41) is 5.40. The first-order valence-corrected chi connectivity index (χ1v) is 9.00. The number of aryl methyl sites for hydroxylation is 1. The van der Waals surface area contributed by atoms with Crippen molar-refractivity contribution in [1.29, 1.82) is 0 Å². The number of aromatic nitrogens is 1. The smallest absolute Gasteiger partial charge is 0.272 e. The first kappa shape index (κ1) is 22.2. The minimum absolute atomic E-state index is 0.214. The number of nitrogens with two attached hydrogens (primary N) is 1. The lowest BCUT2D eigenvalue weighted by molar-refractivity contribution is -0.114. The van der Waals surface area contributed by atoms with Gasteiger partial charge in [0.15, 0.2) is 0 Å². The standard InChI is InChI=1S/C20H24F2N4O3/c1-11-6-15(7-19(24-11)26-13(3)27)20(28)25-12(2)17-8-16(29-10-18(21)22)5-4-14(17)9-23/h4-8,12,18H,9-10,23H2,1-3H3,(H,25,28)(H,24,26,27). The maximum atomic E-state index is 12.7. The molecule has 0 aliphatic carbocycles. The molecule has 1 atom stereocenters. The predicted molar refractivity (Wildman–Crippen MR) is 105 cm³/mol. The third-order valence-electron chi connectivity index (χ3n) is 4.05. The van der Waals surface area contributed by atoms with E-state index in [-0.39, 0.29) is 29.9 Å². The fourth-order valence-electron chi connectivity index (χ4n) is 2.81. The van der Waals surface area contributed by atoms with E-state index in [0.717, 1.165) is 5.56 Å². The molecular weight excluding hydrogens is 382 g/mol. The van der Waals surface area contributed by atoms with Crippen molar-refractivity contribution in [2.45, 2.75) is 39.8 Å². The topological polar surface area (TPSA) is 106 Å². The van der Waals surface area contributed by atoms with Crippen molar-refractivity contribution in [2.75, 3.05) is 11.9 Å². The van der Waals surface area contributed by atoms with Crippen molar-refractivity contribution in [3.05, 3.63) is 52.7 Å². The first-order valence-electron chi connectivity index (χ1n) is 9.00. The quantitative estimate of drug-likeness (QED) is 0.625. The van der Waals surface area contributed by atoms with Gasteiger partial charge in [0, 0.05) is 24.7 Å². The molecule has 1 aromatic carbocycles. The molecule has 0 fully saturated rings. The van der Waals surface area contributed by atoms with Gasteiger partial charge in [0.05, 0.1) is 6.04 Å². The number of nitrogens with zero attached hydrogens (tertiary/aromatic N) is 1. The fraction of sp³-hybridized carbons (Fsp3) is 0.350. The van der Waals surface area contributed by atoms with E-state index in [9.17, 15) is 18.4 Å². The number of hydrogen-bond donors (Lipinski definition) is 3. The summed E-state index contributed by atoms with van der Waals surface area (Å²) in [6.45, 7) is 4.31. The van der Waals surface area contributed by atoms with Crippen LogP contribution in [0.25, 0.3) is 0 Å². The largest absolute Gasteiger partial charge is 0.488 e. The number of hydrogen-bond acceptors (Lipinski definition) is 5. The summed E-state index contributed by atoms with van der Waals surface area (Å²) in [5.74, 6) is -0.126. The van der Waals surface area contributed by atoms with E-state index >= 15 is 0 Å². The van der Waals surface area contributed by atoms with Crippen molar-refractivity contribution in [3.8, 4) is 5.75 Å². The van der Waals surface area contributed by atoms with Crippen LogP contribution in [-0.4, -0.2) is 29.8 Å². The molecule has 9 heteroatoms. The molecule has 29 heavy (non-hydrogen) atoms. The third kappa shape index (κ3) is 6.49. The van der Waals surface area contributed by atoms with Crippen LogP contribution in [0.3, 0.4) is 0 Å². The Kier molecular flexibility index (Phi) is 7.60. The van der Waals surface area contributed by atoms with E-state index < -0.39 is 19.1 Å². The van der Waals surface area contributed by atoms with E-state index in [1.165, 1.54) is 13.0 Å². The van der Waals surface area contributed by atoms with Gasteiger partial charge >= 0.3 is 0 Å². The van der Waals surface area contributed by atoms with Crippen LogP contribution in [0.2, 0.25) is 0 Å². The van der Waals surface area contributed by atoms with Crippen LogP contribution in [0.4, 0.5) is 14.6 Å². The second-order valence-corrected chi connectivity index (χ2v) is 6.53. The molecule has 0 saturated heterocycles. The number of pyridine rings is 1. The average Bonchev–Trinajstić information content (AvgIpc) is 2.64. The van der Waals surface area contributed by atoms with Gasteiger partial charge in [-0.25, -0.2) is 13.8 Å². The molecule has 2 rings (SSSR count). The van der Waals surface area contributed by atoms with Crippen LogP contribution < -0.4 is 21.1 Å². The molecule has 0 aliphatic rings. The van der Waals surface area contributed by atoms with Gasteiger partial charge in [-0.2, -0.15) is 0 Å². The zero-order chi connectivity index (χ0) is 21.6. The SMILES string of the molecule is CC(=O)Nc1cc(C(=O)NC(C)c2cc(OCC(F)F)ccc2CN)cc(C)n1. The lowest BCUT2D eigenvalue weighted by Crippen LogP contribution is -2.28. The van der Waals surface area contributed by atoms with Crippen molar-refractivity contribution < 1.29 is 23.1 Å². The molecule has 0 spiro atoms. The maximum absolute atomic E-state index is 12.7. The van der Waals surface area contributed by atoms with E-state index in [1.54, 1.807) is 38.1 Å². The second-order valence-electron chi connectivity index (χ2n) is 6.53. The van der Waals surface area contributed by atoms with Gasteiger partial charge in [-0.3, -0.25) is 9.59 Å². The van der Waals surface area contributed by atoms with Crippen LogP contribution >= 0.6 is 0 Å². The Morgan fingerprint density at radius 1 is 1.24 bits per heavy atom. The minimum atomic E-state index is -2.59. The van der Waals surface area contributed by atoms with E-state index in [2.05, 4.69) is 15.6 Å². The molecule has 2 amide bonds. The Hall–Kier alpha value is -3.07. The van der Waals surface area contributed by atoms with Crippen molar-refractivity contribution in [1.82, 2.24) is 10.3 Å². The molecule has 7 nitrogen and oxygen atoms in total. The van der Waals surface area contributed by atoms with Crippen LogP contribution in [0, 0.1) is 6.92 Å². The van der Waals surface area contributed by atoms with Crippen LogP contribution in [0.5, 0.6) is 5.75 Å². The van der Waals surface area contributed by atoms with E-state index in [4.69, 9.17) is 10.5 Å². The number of benzene rings is 1. The summed E-state index contributed by atoms with van der Waals surface area (Å²) in [4.78, 5) is 28.1. The van der Waals surface area contributed by atoms with Crippen molar-refractivity contribution >= 4 is 17.6 Å². The second kappa shape index (κ2) is 9.92. The summed E-state index contributed by atoms with van der Waals surface area (Å²) < 4.78 is 29.9. The van der Waals surface area contributed by atoms with Gasteiger partial charge < -0.3 is 21.1 Å². The number of anilines is 1.